The van der Waals surface area contributed by atoms with Crippen LogP contribution in [-0.4, -0.2) is 11.1 Å². The van der Waals surface area contributed by atoms with Gasteiger partial charge in [-0.3, -0.25) is 0 Å². The minimum atomic E-state index is -1.44. The maximum absolute atomic E-state index is 11.2. The summed E-state index contributed by atoms with van der Waals surface area (Å²) in [6.07, 6.45) is 0. The average Bonchev–Trinajstić information content (AvgIpc) is 2.39. The number of hydrogen-bond donors (Lipinski definition) is 1. The summed E-state index contributed by atoms with van der Waals surface area (Å²) >= 11 is 9.47. The Bertz CT molecular complexity index is 609. The van der Waals surface area contributed by atoms with E-state index in [2.05, 4.69) is 15.9 Å². The Morgan fingerprint density at radius 3 is 2.32 bits per heavy atom. The Labute approximate surface area is 125 Å². The molecule has 0 heterocycles. The van der Waals surface area contributed by atoms with Gasteiger partial charge >= 0.3 is 5.97 Å². The number of carboxylic acid groups (broad SMARTS) is 1. The summed E-state index contributed by atoms with van der Waals surface area (Å²) in [4.78, 5) is 9.74. The summed E-state index contributed by atoms with van der Waals surface area (Å²) in [7, 11) is 0. The van der Waals surface area contributed by atoms with E-state index in [9.17, 15) is 4.79 Å². The predicted molar refractivity (Wildman–Crippen MR) is 80.4 cm³/mol. The molecule has 2 aromatic carbocycles. The molecule has 0 saturated carbocycles. The summed E-state index contributed by atoms with van der Waals surface area (Å²) < 4.78 is 0.689. The van der Waals surface area contributed by atoms with Gasteiger partial charge in [-0.25, -0.2) is 4.79 Å². The lowest BCUT2D eigenvalue weighted by molar-refractivity contribution is -0.140. The first-order valence-corrected chi connectivity index (χ1v) is 6.88. The van der Waals surface area contributed by atoms with Gasteiger partial charge in [0.05, 0.1) is 0 Å². The molecule has 0 bridgehead atoms. The number of halogens is 2. The molecule has 0 spiro atoms. The van der Waals surface area contributed by atoms with E-state index in [1.807, 2.05) is 42.5 Å². The van der Waals surface area contributed by atoms with Crippen molar-refractivity contribution in [2.45, 2.75) is 11.8 Å². The van der Waals surface area contributed by atoms with E-state index in [0.29, 0.717) is 10.0 Å². The van der Waals surface area contributed by atoms with Gasteiger partial charge in [-0.15, -0.1) is 11.6 Å². The lowest BCUT2D eigenvalue weighted by Gasteiger charge is -2.19. The van der Waals surface area contributed by atoms with Crippen molar-refractivity contribution in [1.82, 2.24) is 0 Å². The van der Waals surface area contributed by atoms with Crippen LogP contribution in [0.25, 0.3) is 11.1 Å². The van der Waals surface area contributed by atoms with Crippen LogP contribution in [0.1, 0.15) is 12.5 Å². The van der Waals surface area contributed by atoms with E-state index in [-0.39, 0.29) is 0 Å². The van der Waals surface area contributed by atoms with E-state index in [1.165, 1.54) is 6.92 Å². The second-order valence-electron chi connectivity index (χ2n) is 4.37. The maximum Gasteiger partial charge on any atom is 0.329 e. The van der Waals surface area contributed by atoms with Gasteiger partial charge in [0, 0.05) is 4.47 Å². The SMILES string of the molecule is CC(Cl)(C(=O)O)c1ccc(-c2ccccc2)cc1Br. The third kappa shape index (κ3) is 2.82. The highest BCUT2D eigenvalue weighted by Crippen LogP contribution is 2.36. The van der Waals surface area contributed by atoms with Gasteiger partial charge < -0.3 is 5.11 Å². The molecule has 98 valence electrons. The molecule has 0 radical (unpaired) electrons. The molecule has 0 aliphatic heterocycles. The van der Waals surface area contributed by atoms with Crippen LogP contribution in [0.5, 0.6) is 0 Å². The number of carboxylic acids is 1. The van der Waals surface area contributed by atoms with Crippen LogP contribution in [0.15, 0.2) is 53.0 Å². The van der Waals surface area contributed by atoms with Crippen LogP contribution in [0.2, 0.25) is 0 Å². The maximum atomic E-state index is 11.2. The highest BCUT2D eigenvalue weighted by Gasteiger charge is 2.34. The smallest absolute Gasteiger partial charge is 0.329 e. The van der Waals surface area contributed by atoms with Gasteiger partial charge in [-0.2, -0.15) is 0 Å². The summed E-state index contributed by atoms with van der Waals surface area (Å²) in [5.41, 5.74) is 2.62. The van der Waals surface area contributed by atoms with E-state index in [0.717, 1.165) is 11.1 Å². The third-order valence-electron chi connectivity index (χ3n) is 2.98. The molecule has 19 heavy (non-hydrogen) atoms. The molecular formula is C15H12BrClO2. The quantitative estimate of drug-likeness (QED) is 0.826. The monoisotopic (exact) mass is 338 g/mol. The number of benzene rings is 2. The third-order valence-corrected chi connectivity index (χ3v) is 4.01. The average molecular weight is 340 g/mol. The second kappa shape index (κ2) is 5.35. The highest BCUT2D eigenvalue weighted by atomic mass is 79.9. The Hall–Kier alpha value is -1.32. The molecule has 2 nitrogen and oxygen atoms in total. The molecule has 0 aliphatic rings. The molecule has 0 saturated heterocycles. The summed E-state index contributed by atoms with van der Waals surface area (Å²) in [6.45, 7) is 1.47. The Morgan fingerprint density at radius 1 is 1.16 bits per heavy atom. The Balaban J connectivity index is 2.47. The van der Waals surface area contributed by atoms with Gasteiger partial charge in [0.1, 0.15) is 0 Å². The number of rotatable bonds is 3. The van der Waals surface area contributed by atoms with Gasteiger partial charge in [0.25, 0.3) is 0 Å². The van der Waals surface area contributed by atoms with Crippen LogP contribution in [0.3, 0.4) is 0 Å². The topological polar surface area (TPSA) is 37.3 Å². The first kappa shape index (κ1) is 14.1. The van der Waals surface area contributed by atoms with Crippen molar-refractivity contribution in [3.05, 3.63) is 58.6 Å². The first-order valence-electron chi connectivity index (χ1n) is 5.70. The minimum Gasteiger partial charge on any atom is -0.480 e. The van der Waals surface area contributed by atoms with Gasteiger partial charge in [-0.1, -0.05) is 58.4 Å². The van der Waals surface area contributed by atoms with Crippen molar-refractivity contribution >= 4 is 33.5 Å². The molecule has 0 aromatic heterocycles. The number of carbonyl (C=O) groups is 1. The van der Waals surface area contributed by atoms with Crippen molar-refractivity contribution in [3.63, 3.8) is 0 Å². The van der Waals surface area contributed by atoms with Gasteiger partial charge in [0.2, 0.25) is 0 Å². The Morgan fingerprint density at radius 2 is 1.79 bits per heavy atom. The highest BCUT2D eigenvalue weighted by molar-refractivity contribution is 9.10. The molecule has 0 amide bonds. The summed E-state index contributed by atoms with van der Waals surface area (Å²) in [5, 5.41) is 9.15. The zero-order valence-corrected chi connectivity index (χ0v) is 12.6. The minimum absolute atomic E-state index is 0.543. The van der Waals surface area contributed by atoms with Crippen LogP contribution < -0.4 is 0 Å². The number of hydrogen-bond acceptors (Lipinski definition) is 1. The summed E-state index contributed by atoms with van der Waals surface area (Å²) in [5.74, 6) is -1.07. The molecule has 0 aliphatic carbocycles. The fourth-order valence-electron chi connectivity index (χ4n) is 1.82. The van der Waals surface area contributed by atoms with Crippen LogP contribution in [-0.2, 0) is 9.67 Å². The first-order chi connectivity index (χ1) is 8.93. The van der Waals surface area contributed by atoms with Crippen molar-refractivity contribution < 1.29 is 9.90 Å². The molecular weight excluding hydrogens is 328 g/mol. The fraction of sp³-hybridized carbons (Fsp3) is 0.133. The molecule has 4 heteroatoms. The Kier molecular flexibility index (Phi) is 3.97. The molecule has 2 rings (SSSR count). The van der Waals surface area contributed by atoms with Gasteiger partial charge in [0.15, 0.2) is 4.87 Å². The second-order valence-corrected chi connectivity index (χ2v) is 5.98. The van der Waals surface area contributed by atoms with E-state index in [4.69, 9.17) is 16.7 Å². The van der Waals surface area contributed by atoms with Crippen molar-refractivity contribution in [2.75, 3.05) is 0 Å². The molecule has 1 atom stereocenters. The van der Waals surface area contributed by atoms with E-state index in [1.54, 1.807) is 6.07 Å². The molecule has 0 fully saturated rings. The zero-order valence-electron chi connectivity index (χ0n) is 10.2. The lowest BCUT2D eigenvalue weighted by Crippen LogP contribution is -2.26. The molecule has 1 N–H and O–H groups in total. The van der Waals surface area contributed by atoms with E-state index >= 15 is 0 Å². The van der Waals surface area contributed by atoms with Crippen molar-refractivity contribution in [1.29, 1.82) is 0 Å². The largest absolute Gasteiger partial charge is 0.480 e. The standard InChI is InChI=1S/C15H12BrClO2/c1-15(17,14(18)19)12-8-7-11(9-13(12)16)10-5-3-2-4-6-10/h2-9H,1H3,(H,18,19). The van der Waals surface area contributed by atoms with Crippen LogP contribution in [0.4, 0.5) is 0 Å². The fourth-order valence-corrected chi connectivity index (χ4v) is 2.88. The summed E-state index contributed by atoms with van der Waals surface area (Å²) in [6, 6.07) is 15.4. The van der Waals surface area contributed by atoms with Crippen LogP contribution in [0, 0.1) is 0 Å². The van der Waals surface area contributed by atoms with Gasteiger partial charge in [-0.05, 0) is 29.7 Å². The zero-order chi connectivity index (χ0) is 14.0. The predicted octanol–water partition coefficient (Wildman–Crippen LogP) is 4.65. The lowest BCUT2D eigenvalue weighted by atomic mass is 9.97. The molecule has 1 unspecified atom stereocenters. The number of alkyl halides is 1. The molecule has 2 aromatic rings. The van der Waals surface area contributed by atoms with Crippen molar-refractivity contribution in [3.8, 4) is 11.1 Å². The normalized spacial score (nSPS) is 13.8. The van der Waals surface area contributed by atoms with Crippen molar-refractivity contribution in [2.24, 2.45) is 0 Å². The van der Waals surface area contributed by atoms with Crippen LogP contribution >= 0.6 is 27.5 Å². The van der Waals surface area contributed by atoms with E-state index < -0.39 is 10.8 Å². The number of aliphatic carboxylic acids is 1.